The lowest BCUT2D eigenvalue weighted by Crippen LogP contribution is -2.39. The normalized spacial score (nSPS) is 10.7. The Hall–Kier alpha value is -2.49. The van der Waals surface area contributed by atoms with Crippen LogP contribution in [0.5, 0.6) is 0 Å². The molecule has 88 valence electrons. The van der Waals surface area contributed by atoms with Crippen LogP contribution in [0.15, 0.2) is 54.7 Å². The Balaban J connectivity index is 2.02. The van der Waals surface area contributed by atoms with Gasteiger partial charge in [-0.05, 0) is 10.8 Å². The summed E-state index contributed by atoms with van der Waals surface area (Å²) >= 11 is 0. The molecule has 18 heavy (non-hydrogen) atoms. The number of anilines is 1. The molecule has 0 radical (unpaired) electrons. The van der Waals surface area contributed by atoms with Gasteiger partial charge < -0.3 is 5.73 Å². The Morgan fingerprint density at radius 3 is 2.67 bits per heavy atom. The minimum absolute atomic E-state index is 0.434. The summed E-state index contributed by atoms with van der Waals surface area (Å²) in [5, 5.41) is 10.3. The summed E-state index contributed by atoms with van der Waals surface area (Å²) in [5.41, 5.74) is 6.74. The van der Waals surface area contributed by atoms with Gasteiger partial charge in [-0.1, -0.05) is 42.5 Å². The molecular formula is C14H13N4+. The van der Waals surface area contributed by atoms with Crippen molar-refractivity contribution >= 4 is 16.6 Å². The Morgan fingerprint density at radius 2 is 1.83 bits per heavy atom. The summed E-state index contributed by atoms with van der Waals surface area (Å²) in [5.74, 6) is 0.434. The second-order valence-electron chi connectivity index (χ2n) is 4.17. The third kappa shape index (κ3) is 2.00. The van der Waals surface area contributed by atoms with Crippen molar-refractivity contribution in [3.05, 3.63) is 60.3 Å². The fourth-order valence-electron chi connectivity index (χ4n) is 2.02. The monoisotopic (exact) mass is 237 g/mol. The van der Waals surface area contributed by atoms with E-state index in [2.05, 4.69) is 40.6 Å². The van der Waals surface area contributed by atoms with Crippen molar-refractivity contribution in [3.63, 3.8) is 0 Å². The van der Waals surface area contributed by atoms with Crippen molar-refractivity contribution in [1.82, 2.24) is 10.3 Å². The molecule has 4 nitrogen and oxygen atoms in total. The first-order chi connectivity index (χ1) is 8.83. The van der Waals surface area contributed by atoms with E-state index >= 15 is 0 Å². The molecule has 2 N–H and O–H groups in total. The van der Waals surface area contributed by atoms with E-state index in [9.17, 15) is 0 Å². The first-order valence-corrected chi connectivity index (χ1v) is 5.78. The van der Waals surface area contributed by atoms with Crippen molar-refractivity contribution in [1.29, 1.82) is 0 Å². The number of hydrogen-bond donors (Lipinski definition) is 1. The van der Waals surface area contributed by atoms with Crippen molar-refractivity contribution < 1.29 is 4.68 Å². The van der Waals surface area contributed by atoms with Crippen LogP contribution in [0.3, 0.4) is 0 Å². The zero-order valence-electron chi connectivity index (χ0n) is 9.82. The first kappa shape index (κ1) is 10.7. The number of nitrogen functional groups attached to an aromatic ring is 1. The van der Waals surface area contributed by atoms with Crippen LogP contribution in [0, 0.1) is 0 Å². The minimum atomic E-state index is 0.434. The molecule has 3 rings (SSSR count). The highest BCUT2D eigenvalue weighted by Crippen LogP contribution is 2.17. The van der Waals surface area contributed by atoms with Crippen LogP contribution in [-0.2, 0) is 6.54 Å². The Labute approximate surface area is 105 Å². The summed E-state index contributed by atoms with van der Waals surface area (Å²) < 4.78 is 1.78. The van der Waals surface area contributed by atoms with E-state index in [0.29, 0.717) is 12.4 Å². The van der Waals surface area contributed by atoms with Gasteiger partial charge in [0.05, 0.1) is 11.2 Å². The van der Waals surface area contributed by atoms with Gasteiger partial charge in [-0.2, -0.15) is 0 Å². The molecule has 0 aliphatic rings. The Morgan fingerprint density at radius 1 is 1.00 bits per heavy atom. The average molecular weight is 237 g/mol. The highest BCUT2D eigenvalue weighted by molar-refractivity contribution is 5.85. The predicted molar refractivity (Wildman–Crippen MR) is 69.7 cm³/mol. The summed E-state index contributed by atoms with van der Waals surface area (Å²) in [4.78, 5) is 0. The third-order valence-corrected chi connectivity index (χ3v) is 2.90. The van der Waals surface area contributed by atoms with E-state index in [1.807, 2.05) is 18.3 Å². The molecule has 0 unspecified atom stereocenters. The summed E-state index contributed by atoms with van der Waals surface area (Å²) in [6.45, 7) is 0.689. The molecule has 0 fully saturated rings. The van der Waals surface area contributed by atoms with Gasteiger partial charge >= 0.3 is 0 Å². The van der Waals surface area contributed by atoms with Crippen LogP contribution in [0.1, 0.15) is 5.56 Å². The van der Waals surface area contributed by atoms with E-state index in [1.165, 1.54) is 16.3 Å². The average Bonchev–Trinajstić information content (AvgIpc) is 2.42. The molecular weight excluding hydrogens is 224 g/mol. The SMILES string of the molecule is Nc1cc[n+](Cc2cccc3ccccc23)nn1. The van der Waals surface area contributed by atoms with Gasteiger partial charge in [0, 0.05) is 5.56 Å². The third-order valence-electron chi connectivity index (χ3n) is 2.90. The Kier molecular flexibility index (Phi) is 2.61. The maximum atomic E-state index is 5.52. The van der Waals surface area contributed by atoms with Gasteiger partial charge in [0.25, 0.3) is 5.82 Å². The number of aromatic nitrogens is 3. The molecule has 2 aromatic carbocycles. The zero-order chi connectivity index (χ0) is 12.4. The maximum absolute atomic E-state index is 5.52. The van der Waals surface area contributed by atoms with Crippen LogP contribution < -0.4 is 10.4 Å². The molecule has 1 heterocycles. The molecule has 3 aromatic rings. The van der Waals surface area contributed by atoms with E-state index in [1.54, 1.807) is 10.7 Å². The molecule has 0 aliphatic heterocycles. The summed E-state index contributed by atoms with van der Waals surface area (Å²) in [6, 6.07) is 16.3. The topological polar surface area (TPSA) is 55.7 Å². The number of nitrogens with two attached hydrogens (primary N) is 1. The standard InChI is InChI=1S/C14H12N4/c15-14-8-9-18(17-16-14)10-12-6-3-5-11-4-1-2-7-13(11)12/h1-9,15H,10H2/p+1. The second kappa shape index (κ2) is 4.41. The summed E-state index contributed by atoms with van der Waals surface area (Å²) in [7, 11) is 0. The zero-order valence-corrected chi connectivity index (χ0v) is 9.82. The van der Waals surface area contributed by atoms with Gasteiger partial charge in [0.1, 0.15) is 18.0 Å². The highest BCUT2D eigenvalue weighted by atomic mass is 15.4. The lowest BCUT2D eigenvalue weighted by Gasteiger charge is -2.03. The molecule has 0 amide bonds. The second-order valence-corrected chi connectivity index (χ2v) is 4.17. The molecule has 0 aliphatic carbocycles. The number of benzene rings is 2. The molecule has 0 atom stereocenters. The molecule has 0 spiro atoms. The lowest BCUT2D eigenvalue weighted by molar-refractivity contribution is -0.751. The Bertz CT molecular complexity index is 671. The van der Waals surface area contributed by atoms with E-state index in [4.69, 9.17) is 5.73 Å². The van der Waals surface area contributed by atoms with Gasteiger partial charge in [-0.3, -0.25) is 0 Å². The van der Waals surface area contributed by atoms with Gasteiger partial charge in [0.2, 0.25) is 0 Å². The molecule has 4 heteroatoms. The number of hydrogen-bond acceptors (Lipinski definition) is 3. The van der Waals surface area contributed by atoms with Crippen molar-refractivity contribution in [3.8, 4) is 0 Å². The van der Waals surface area contributed by atoms with Crippen molar-refractivity contribution in [2.24, 2.45) is 0 Å². The van der Waals surface area contributed by atoms with Crippen LogP contribution >= 0.6 is 0 Å². The largest absolute Gasteiger partial charge is 0.361 e. The van der Waals surface area contributed by atoms with Gasteiger partial charge in [-0.25, -0.2) is 0 Å². The lowest BCUT2D eigenvalue weighted by atomic mass is 10.0. The number of fused-ring (bicyclic) bond motifs is 1. The van der Waals surface area contributed by atoms with Crippen molar-refractivity contribution in [2.75, 3.05) is 5.73 Å². The van der Waals surface area contributed by atoms with E-state index in [0.717, 1.165) is 0 Å². The molecule has 0 saturated heterocycles. The summed E-state index contributed by atoms with van der Waals surface area (Å²) in [6.07, 6.45) is 1.84. The molecule has 0 saturated carbocycles. The number of nitrogens with zero attached hydrogens (tertiary/aromatic N) is 3. The highest BCUT2D eigenvalue weighted by Gasteiger charge is 2.06. The maximum Gasteiger partial charge on any atom is 0.270 e. The van der Waals surface area contributed by atoms with Crippen LogP contribution in [0.2, 0.25) is 0 Å². The smallest absolute Gasteiger partial charge is 0.270 e. The van der Waals surface area contributed by atoms with E-state index < -0.39 is 0 Å². The predicted octanol–water partition coefficient (Wildman–Crippen LogP) is 1.55. The van der Waals surface area contributed by atoms with Crippen LogP contribution in [-0.4, -0.2) is 10.3 Å². The van der Waals surface area contributed by atoms with E-state index in [-0.39, 0.29) is 0 Å². The van der Waals surface area contributed by atoms with Gasteiger partial charge in [0.15, 0.2) is 0 Å². The van der Waals surface area contributed by atoms with Crippen molar-refractivity contribution in [2.45, 2.75) is 6.54 Å². The quantitative estimate of drug-likeness (QED) is 0.688. The van der Waals surface area contributed by atoms with Crippen LogP contribution in [0.25, 0.3) is 10.8 Å². The number of rotatable bonds is 2. The molecule has 0 bridgehead atoms. The fraction of sp³-hybridized carbons (Fsp3) is 0.0714. The minimum Gasteiger partial charge on any atom is -0.361 e. The van der Waals surface area contributed by atoms with Gasteiger partial charge in [-0.15, -0.1) is 4.68 Å². The van der Waals surface area contributed by atoms with Crippen LogP contribution in [0.4, 0.5) is 5.82 Å². The first-order valence-electron chi connectivity index (χ1n) is 5.78. The fourth-order valence-corrected chi connectivity index (χ4v) is 2.02. The molecule has 1 aromatic heterocycles.